The average Bonchev–Trinajstić information content (AvgIpc) is 1.07. The fraction of sp³-hybridized carbons (Fsp3) is 0.650. The molecule has 834 valence electrons. The van der Waals surface area contributed by atoms with E-state index in [1.807, 2.05) is 0 Å². The maximum Gasteiger partial charge on any atom is 0.373 e. The van der Waals surface area contributed by atoms with Crippen LogP contribution in [0.3, 0.4) is 0 Å². The molecule has 0 aromatic rings. The van der Waals surface area contributed by atoms with Crippen LogP contribution in [0.25, 0.3) is 0 Å². The lowest BCUT2D eigenvalue weighted by Gasteiger charge is -2.08. The third kappa shape index (κ3) is 525. The minimum absolute atomic E-state index is 0.250. The summed E-state index contributed by atoms with van der Waals surface area (Å²) in [7, 11) is 0. The fourth-order valence-corrected chi connectivity index (χ4v) is 8.62. The van der Waals surface area contributed by atoms with E-state index >= 15 is 0 Å². The second-order valence-corrected chi connectivity index (χ2v) is 35.9. The van der Waals surface area contributed by atoms with Gasteiger partial charge in [0, 0.05) is 0 Å². The van der Waals surface area contributed by atoms with Crippen LogP contribution >= 0.6 is 0 Å². The molecule has 24 heteroatoms. The van der Waals surface area contributed by atoms with Gasteiger partial charge in [0.05, 0.1) is 0 Å². The molecule has 0 saturated heterocycles. The predicted octanol–water partition coefficient (Wildman–Crippen LogP) is 34.0. The Morgan fingerprint density at radius 1 is 0.194 bits per heavy atom. The molecule has 0 heterocycles. The predicted molar refractivity (Wildman–Crippen MR) is 582 cm³/mol. The molecule has 1 atom stereocenters. The van der Waals surface area contributed by atoms with E-state index < -0.39 is 0 Å². The van der Waals surface area contributed by atoms with Gasteiger partial charge in [-0.2, -0.15) is 115 Å². The van der Waals surface area contributed by atoms with Crippen molar-refractivity contribution in [1.29, 1.82) is 0 Å². The molecule has 24 nitrogen and oxygen atoms in total. The van der Waals surface area contributed by atoms with Crippen molar-refractivity contribution in [3.8, 4) is 0 Å². The second-order valence-electron chi connectivity index (χ2n) is 35.9. The van der Waals surface area contributed by atoms with Crippen LogP contribution < -0.4 is 0 Å². The van der Waals surface area contributed by atoms with Crippen LogP contribution in [0.5, 0.6) is 0 Å². The van der Waals surface area contributed by atoms with Gasteiger partial charge in [-0.15, -0.1) is 19.7 Å². The van der Waals surface area contributed by atoms with Crippen molar-refractivity contribution in [3.05, 3.63) is 176 Å². The summed E-state index contributed by atoms with van der Waals surface area (Å²) >= 11 is 0. The zero-order chi connectivity index (χ0) is 119. The van der Waals surface area contributed by atoms with Crippen LogP contribution in [0.1, 0.15) is 489 Å². The van der Waals surface area contributed by atoms with E-state index in [0.29, 0.717) is 0 Å². The van der Waals surface area contributed by atoms with Gasteiger partial charge in [0.15, 0.2) is 0 Å². The van der Waals surface area contributed by atoms with Crippen LogP contribution in [0.2, 0.25) is 0 Å². The first-order valence-corrected chi connectivity index (χ1v) is 49.6. The summed E-state index contributed by atoms with van der Waals surface area (Å²) in [4.78, 5) is 195. The van der Waals surface area contributed by atoms with Crippen LogP contribution in [-0.4, -0.2) is 73.8 Å². The molecule has 0 aliphatic heterocycles. The van der Waals surface area contributed by atoms with E-state index in [0.717, 1.165) is 68.1 Å². The average molecular weight is 2040 g/mol. The van der Waals surface area contributed by atoms with Gasteiger partial charge in [-0.05, 0) is 313 Å². The summed E-state index contributed by atoms with van der Waals surface area (Å²) in [5, 5.41) is 0. The van der Waals surface area contributed by atoms with Crippen molar-refractivity contribution in [2.75, 3.05) is 0 Å². The Bertz CT molecular complexity index is 3030. The maximum atomic E-state index is 8.12. The monoisotopic (exact) mass is 2040 g/mol. The first kappa shape index (κ1) is 195. The van der Waals surface area contributed by atoms with E-state index in [1.165, 1.54) is 251 Å². The summed E-state index contributed by atoms with van der Waals surface area (Å²) in [6, 6.07) is 0. The number of hydrogen-bond donors (Lipinski definition) is 0. The van der Waals surface area contributed by atoms with Crippen molar-refractivity contribution in [1.82, 2.24) is 0 Å². The fourth-order valence-electron chi connectivity index (χ4n) is 8.62. The smallest absolute Gasteiger partial charge is 0.186 e. The minimum atomic E-state index is 0.250. The molecule has 144 heavy (non-hydrogen) atoms. The second kappa shape index (κ2) is 205. The van der Waals surface area contributed by atoms with Crippen LogP contribution in [0.4, 0.5) is 0 Å². The Hall–Kier alpha value is -11.3. The highest BCUT2D eigenvalue weighted by molar-refractivity contribution is 5.22. The highest BCUT2D eigenvalue weighted by Crippen LogP contribution is 2.16. The van der Waals surface area contributed by atoms with Crippen molar-refractivity contribution in [3.63, 3.8) is 0 Å². The number of hydrogen-bond acceptors (Lipinski definition) is 24. The van der Waals surface area contributed by atoms with Crippen molar-refractivity contribution in [2.45, 2.75) is 489 Å². The molecule has 0 aliphatic carbocycles. The molecule has 0 fully saturated rings. The minimum Gasteiger partial charge on any atom is -0.186 e. The zero-order valence-electron chi connectivity index (χ0n) is 98.9. The normalized spacial score (nSPS) is 8.44. The standard InChI is InChI=1S/C10H22.3C10H18.C9H20.3C9H16.C8H18.3C8H16.12CO2/c4*1-5-10(4)8-6-7-9(2)3;4*1-8(2)6-5-7-9(3)4;4*1-4-5-6-7-8(2)3;12*2-1-3/h9-10H,5-8H2,1-4H3;3*5,7H,6,8H2,1-4H3;8-9H,5-7H2,1-4H3;3*7H,1,5-6H2,2-4H3;8H,4-7H2,1-3H3;3*7H,4-6H2,1-3H3;;;;;;;;;;;;/b;10-5+;10-5-;;;;;;;;;;;;;;;;;;;;;. The number of unbranched alkanes of at least 4 members (excludes halogenated alkanes) is 8. The van der Waals surface area contributed by atoms with Gasteiger partial charge in [0.1, 0.15) is 0 Å². The van der Waals surface area contributed by atoms with Crippen LogP contribution in [0.15, 0.2) is 176 Å². The van der Waals surface area contributed by atoms with E-state index in [-0.39, 0.29) is 73.8 Å². The Kier molecular flexibility index (Phi) is 278. The highest BCUT2D eigenvalue weighted by Gasteiger charge is 2.00. The SMILES string of the molecule is C/C=C(/C)CCC=C(C)C.C/C=C(\C)CCC=C(C)C.C=C(C)CCC=C(C)C.C=C(C)CCC=C(C)C.C=C(C)CCC=C(C)C.CC(C)CCCC(C)C.CC=C(C)CCC=C(C)C.CCC(C)CCCC(C)C.CCCCC=C(C)C.CCCCC=C(C)C.CCCCC=C(C)C.CCCCCC(C)C.O=C=O.O=C=O.O=C=O.O=C=O.O=C=O.O=C=O.O=C=O.O=C=O.O=C=O.O=C=O.O=C=O.O=C=O. The summed E-state index contributed by atoms with van der Waals surface area (Å²) < 4.78 is 0. The largest absolute Gasteiger partial charge is 0.373 e. The topological polar surface area (TPSA) is 410 Å². The number of allylic oxidation sites excluding steroid dienone is 27. The molecule has 0 rings (SSSR count). The Morgan fingerprint density at radius 2 is 0.326 bits per heavy atom. The number of rotatable bonds is 40. The van der Waals surface area contributed by atoms with Gasteiger partial charge in [-0.25, -0.2) is 0 Å². The maximum absolute atomic E-state index is 8.12. The van der Waals surface area contributed by atoms with Crippen molar-refractivity contribution >= 4 is 73.8 Å². The first-order valence-electron chi connectivity index (χ1n) is 49.6. The Labute approximate surface area is 879 Å². The highest BCUT2D eigenvalue weighted by atomic mass is 16.3. The molecule has 0 bridgehead atoms. The molecule has 0 aliphatic rings. The lowest BCUT2D eigenvalue weighted by atomic mass is 9.98. The molecular formula is C120H210O24. The van der Waals surface area contributed by atoms with Gasteiger partial charge in [-0.1, -0.05) is 363 Å². The van der Waals surface area contributed by atoms with E-state index in [9.17, 15) is 0 Å². The van der Waals surface area contributed by atoms with Crippen LogP contribution in [0, 0.1) is 29.6 Å². The summed E-state index contributed by atoms with van der Waals surface area (Å²) in [5.74, 6) is 4.52. The quantitative estimate of drug-likeness (QED) is 0.0406. The first-order chi connectivity index (χ1) is 67.2. The van der Waals surface area contributed by atoms with Gasteiger partial charge < -0.3 is 0 Å². The summed E-state index contributed by atoms with van der Waals surface area (Å²) in [6.07, 6.45) is 71.2. The zero-order valence-corrected chi connectivity index (χ0v) is 98.9. The molecule has 0 saturated carbocycles. The molecule has 0 N–H and O–H groups in total. The molecule has 1 unspecified atom stereocenters. The van der Waals surface area contributed by atoms with Gasteiger partial charge in [0.25, 0.3) is 0 Å². The van der Waals surface area contributed by atoms with Crippen LogP contribution in [-0.2, 0) is 115 Å². The molecule has 0 spiro atoms. The molecule has 0 aromatic carbocycles. The van der Waals surface area contributed by atoms with Crippen molar-refractivity contribution in [2.24, 2.45) is 29.6 Å². The molecular weight excluding hydrogens is 1830 g/mol. The number of carbonyl (C=O) groups excluding carboxylic acids is 24. The molecule has 0 radical (unpaired) electrons. The van der Waals surface area contributed by atoms with E-state index in [2.05, 4.69) is 377 Å². The Balaban J connectivity index is -0.0000000481. The third-order valence-corrected chi connectivity index (χ3v) is 16.6. The lowest BCUT2D eigenvalue weighted by Crippen LogP contribution is -1.94. The lowest BCUT2D eigenvalue weighted by molar-refractivity contribution is -0.193. The van der Waals surface area contributed by atoms with E-state index in [1.54, 1.807) is 0 Å². The Morgan fingerprint density at radius 3 is 0.444 bits per heavy atom. The van der Waals surface area contributed by atoms with Gasteiger partial charge in [-0.3, -0.25) is 0 Å². The third-order valence-electron chi connectivity index (χ3n) is 16.6. The molecule has 0 aromatic heterocycles. The van der Waals surface area contributed by atoms with Gasteiger partial charge in [0.2, 0.25) is 0 Å². The summed E-state index contributed by atoms with van der Waals surface area (Å²) in [5.41, 5.74) is 21.1. The van der Waals surface area contributed by atoms with Crippen molar-refractivity contribution < 1.29 is 115 Å². The van der Waals surface area contributed by atoms with E-state index in [4.69, 9.17) is 115 Å². The summed E-state index contributed by atoms with van der Waals surface area (Å²) in [6.45, 7) is 101. The van der Waals surface area contributed by atoms with Gasteiger partial charge >= 0.3 is 73.8 Å². The molecule has 0 amide bonds.